The van der Waals surface area contributed by atoms with Crippen LogP contribution in [0.5, 0.6) is 0 Å². The maximum absolute atomic E-state index is 11.7. The van der Waals surface area contributed by atoms with E-state index in [4.69, 9.17) is 47.8 Å². The Morgan fingerprint density at radius 1 is 0.547 bits per heavy atom. The number of nitrogens with one attached hydrogen (secondary N) is 2. The maximum atomic E-state index is 11.7. The van der Waals surface area contributed by atoms with Crippen LogP contribution < -0.4 is 27.8 Å². The molecule has 0 radical (unpaired) electrons. The first-order valence-corrected chi connectivity index (χ1v) is 26.9. The fourth-order valence-corrected chi connectivity index (χ4v) is 6.00. The summed E-state index contributed by atoms with van der Waals surface area (Å²) in [6, 6.07) is -2.47. The van der Waals surface area contributed by atoms with Crippen LogP contribution in [-0.4, -0.2) is 109 Å². The van der Waals surface area contributed by atoms with E-state index in [-0.39, 0.29) is 18.3 Å². The van der Waals surface area contributed by atoms with Crippen molar-refractivity contribution in [3.8, 4) is 0 Å². The first-order chi connectivity index (χ1) is 35.6. The van der Waals surface area contributed by atoms with Gasteiger partial charge in [0.1, 0.15) is 6.04 Å². The number of carbonyl (C=O) groups excluding carboxylic acids is 2. The number of aliphatic imine (C=N–C) groups is 1. The lowest BCUT2D eigenvalue weighted by Crippen LogP contribution is -2.49. The molecule has 20 heteroatoms. The highest BCUT2D eigenvalue weighted by molar-refractivity contribution is 5.90. The summed E-state index contributed by atoms with van der Waals surface area (Å²) in [7, 11) is 0. The summed E-state index contributed by atoms with van der Waals surface area (Å²) in [5, 5.41) is 54.2. The number of guanidine groups is 1. The molecule has 2 amide bonds. The third-order valence-electron chi connectivity index (χ3n) is 10.4. The van der Waals surface area contributed by atoms with Crippen LogP contribution in [0.1, 0.15) is 214 Å². The lowest BCUT2D eigenvalue weighted by molar-refractivity contribution is -0.147. The third kappa shape index (κ3) is 77.0. The number of amides is 2. The number of carbonyl (C=O) groups is 8. The van der Waals surface area contributed by atoms with Gasteiger partial charge in [-0.05, 0) is 83.5 Å². The highest BCUT2D eigenvalue weighted by Gasteiger charge is 2.23. The molecule has 0 aliphatic carbocycles. The van der Waals surface area contributed by atoms with Gasteiger partial charge in [-0.1, -0.05) is 154 Å². The van der Waals surface area contributed by atoms with E-state index >= 15 is 0 Å². The first kappa shape index (κ1) is 77.8. The first-order valence-electron chi connectivity index (χ1n) is 26.9. The molecule has 0 aromatic carbocycles. The zero-order valence-corrected chi connectivity index (χ0v) is 46.0. The number of unbranched alkanes of at least 4 members (excludes halogenated alkanes) is 19. The number of aliphatic carboxylic acids is 6. The number of carboxylic acids is 6. The number of carboxylic acid groups (broad SMARTS) is 6. The average Bonchev–Trinajstić information content (AvgIpc) is 3.34. The molecule has 0 aliphatic heterocycles. The fraction of sp³-hybridized carbons (Fsp3) is 0.691. The van der Waals surface area contributed by atoms with E-state index in [1.165, 1.54) is 116 Å². The van der Waals surface area contributed by atoms with E-state index in [2.05, 4.69) is 67.2 Å². The molecule has 75 heavy (non-hydrogen) atoms. The van der Waals surface area contributed by atoms with Crippen molar-refractivity contribution in [3.63, 3.8) is 0 Å². The Balaban J connectivity index is -0.000000297. The summed E-state index contributed by atoms with van der Waals surface area (Å²) in [6.07, 6.45) is 44.3. The van der Waals surface area contributed by atoms with Gasteiger partial charge in [-0.3, -0.25) is 33.8 Å². The monoisotopic (exact) mass is 1070 g/mol. The molecule has 1 unspecified atom stereocenters. The number of hydrogen-bond acceptors (Lipinski definition) is 10. The second kappa shape index (κ2) is 60.5. The average molecular weight is 1070 g/mol. The molecule has 0 fully saturated rings. The van der Waals surface area contributed by atoms with E-state index in [1.54, 1.807) is 13.8 Å². The van der Waals surface area contributed by atoms with Gasteiger partial charge in [0.25, 0.3) is 0 Å². The second-order valence-electron chi connectivity index (χ2n) is 18.0. The molecule has 20 nitrogen and oxygen atoms in total. The molecule has 434 valence electrons. The summed E-state index contributed by atoms with van der Waals surface area (Å²) >= 11 is 0. The highest BCUT2D eigenvalue weighted by Crippen LogP contribution is 2.11. The Hall–Kier alpha value is -6.05. The maximum Gasteiger partial charge on any atom is 0.327 e. The minimum absolute atomic E-state index is 0.0703. The van der Waals surface area contributed by atoms with Crippen molar-refractivity contribution in [3.05, 3.63) is 49.1 Å². The Labute approximate surface area is 448 Å². The zero-order valence-electron chi connectivity index (χ0n) is 46.0. The van der Waals surface area contributed by atoms with Crippen LogP contribution in [-0.2, 0) is 38.4 Å². The predicted molar refractivity (Wildman–Crippen MR) is 297 cm³/mol. The van der Waals surface area contributed by atoms with E-state index in [0.29, 0.717) is 25.8 Å². The van der Waals surface area contributed by atoms with Crippen LogP contribution in [0, 0.1) is 5.92 Å². The second-order valence-corrected chi connectivity index (χ2v) is 18.0. The molecule has 0 bridgehead atoms. The summed E-state index contributed by atoms with van der Waals surface area (Å²) in [4.78, 5) is 87.8. The van der Waals surface area contributed by atoms with Gasteiger partial charge in [0.05, 0.1) is 24.9 Å². The predicted octanol–water partition coefficient (Wildman–Crippen LogP) is 9.50. The largest absolute Gasteiger partial charge is 0.481 e. The molecule has 0 spiro atoms. The lowest BCUT2D eigenvalue weighted by atomic mass is 10.1. The van der Waals surface area contributed by atoms with Crippen molar-refractivity contribution in [2.75, 3.05) is 13.1 Å². The van der Waals surface area contributed by atoms with Crippen LogP contribution in [0.25, 0.3) is 0 Å². The molecular weight excluding hydrogens is 969 g/mol. The molecule has 0 aromatic heterocycles. The van der Waals surface area contributed by atoms with E-state index in [9.17, 15) is 38.4 Å². The number of nitrogens with two attached hydrogens (primary N) is 3. The Morgan fingerprint density at radius 3 is 1.28 bits per heavy atom. The van der Waals surface area contributed by atoms with Gasteiger partial charge in [-0.25, -0.2) is 9.59 Å². The van der Waals surface area contributed by atoms with Crippen LogP contribution in [0.3, 0.4) is 0 Å². The van der Waals surface area contributed by atoms with Crippen molar-refractivity contribution in [1.82, 2.24) is 10.6 Å². The van der Waals surface area contributed by atoms with Crippen molar-refractivity contribution in [2.45, 2.75) is 226 Å². The molecule has 0 saturated heterocycles. The molecule has 0 aliphatic rings. The number of nitrogens with zero attached hydrogens (tertiary/aromatic N) is 1. The Morgan fingerprint density at radius 2 is 0.920 bits per heavy atom. The van der Waals surface area contributed by atoms with Crippen molar-refractivity contribution < 1.29 is 69.0 Å². The lowest BCUT2D eigenvalue weighted by Gasteiger charge is -2.14. The van der Waals surface area contributed by atoms with Crippen molar-refractivity contribution in [1.29, 1.82) is 0 Å². The van der Waals surface area contributed by atoms with Gasteiger partial charge in [-0.2, -0.15) is 0 Å². The minimum atomic E-state index is -1.58. The Bertz CT molecular complexity index is 1610. The molecule has 0 aromatic rings. The topological polar surface area (TPSA) is 372 Å². The Kier molecular flexibility index (Phi) is 62.8. The fourth-order valence-electron chi connectivity index (χ4n) is 6.00. The molecule has 0 saturated carbocycles. The summed E-state index contributed by atoms with van der Waals surface area (Å²) in [5.41, 5.74) is 15.9. The molecule has 2 atom stereocenters. The normalized spacial score (nSPS) is 11.3. The van der Waals surface area contributed by atoms with Gasteiger partial charge in [-0.15, -0.1) is 0 Å². The van der Waals surface area contributed by atoms with E-state index in [0.717, 1.165) is 44.6 Å². The quantitative estimate of drug-likeness (QED) is 0.00890. The van der Waals surface area contributed by atoms with E-state index < -0.39 is 72.7 Å². The van der Waals surface area contributed by atoms with Crippen LogP contribution in [0.2, 0.25) is 0 Å². The summed E-state index contributed by atoms with van der Waals surface area (Å²) in [5.74, 6) is -7.69. The van der Waals surface area contributed by atoms with Crippen molar-refractivity contribution >= 4 is 53.6 Å². The van der Waals surface area contributed by atoms with Gasteiger partial charge >= 0.3 is 35.8 Å². The molecular formula is C55H100N6O14. The van der Waals surface area contributed by atoms with E-state index in [1.807, 2.05) is 5.32 Å². The van der Waals surface area contributed by atoms with Crippen LogP contribution in [0.15, 0.2) is 54.1 Å². The summed E-state index contributed by atoms with van der Waals surface area (Å²) < 4.78 is 0. The number of hydrogen-bond donors (Lipinski definition) is 11. The third-order valence-corrected chi connectivity index (χ3v) is 10.4. The zero-order chi connectivity index (χ0) is 57.9. The molecule has 14 N–H and O–H groups in total. The van der Waals surface area contributed by atoms with Crippen LogP contribution >= 0.6 is 0 Å². The number of rotatable bonds is 42. The minimum Gasteiger partial charge on any atom is -0.481 e. The summed E-state index contributed by atoms with van der Waals surface area (Å²) in [6.45, 7) is 10.5. The smallest absolute Gasteiger partial charge is 0.327 e. The van der Waals surface area contributed by atoms with Crippen molar-refractivity contribution in [2.24, 2.45) is 28.1 Å². The number of allylic oxidation sites excluding steroid dienone is 6. The van der Waals surface area contributed by atoms with Gasteiger partial charge in [0.2, 0.25) is 11.8 Å². The highest BCUT2D eigenvalue weighted by atomic mass is 16.4. The molecule has 0 heterocycles. The molecule has 0 rings (SSSR count). The van der Waals surface area contributed by atoms with Crippen LogP contribution in [0.4, 0.5) is 0 Å². The van der Waals surface area contributed by atoms with Gasteiger partial charge in [0, 0.05) is 25.5 Å². The SMILES string of the molecule is C=CC(=O)O.CC(C)C(=O)O.CCCCC/C=C\C/C=C\CCCCCCCC(=O)O.CCCCCCCC/C=C\CCCCCCCC(=O)O.NC(N)=NCCC[C@H](N)C(=O)NCC(=O)NC(CC(=O)O)C(=O)O. The standard InChI is InChI=1S/C18H34O2.C18H32O2.C12H22N6O6.C4H8O2.C3H4O2/c2*1-2-3-4-5-6-7-8-9-10-11-12-13-14-15-16-17-18(19)20;13-6(2-1-3-16-12(14)15)10(22)17-5-8(19)18-7(11(23)24)4-9(20)21;1-3(2)4(5)6;1-2-3(4)5/h9-10H,2-8,11-17H2,1H3,(H,19,20);6-7,9-10H,2-5,8,11-17H2,1H3,(H,19,20);6-7H,1-5,13H2,(H,17,22)(H,18,19)(H,20,21)(H,23,24)(H4,14,15,16);3H,1-2H3,(H,5,6);2H,1H2,(H,4,5)/b10-9-;7-6-,10-9-;;;/t;;6-,7?;;/m..0../s1. The van der Waals surface area contributed by atoms with Gasteiger partial charge in [0.15, 0.2) is 5.96 Å². The van der Waals surface area contributed by atoms with Gasteiger partial charge < -0.3 is 58.5 Å².